The van der Waals surface area contributed by atoms with E-state index >= 15 is 0 Å². The topological polar surface area (TPSA) is 75.0 Å². The lowest BCUT2D eigenvalue weighted by Gasteiger charge is -2.37. The molecule has 2 saturated heterocycles. The fourth-order valence-electron chi connectivity index (χ4n) is 4.23. The minimum absolute atomic E-state index is 0.144. The van der Waals surface area contributed by atoms with Crippen molar-refractivity contribution >= 4 is 11.9 Å². The number of aromatic nitrogens is 2. The Bertz CT molecular complexity index is 910. The monoisotopic (exact) mass is 424 g/mol. The smallest absolute Gasteiger partial charge is 0.251 e. The van der Waals surface area contributed by atoms with Crippen LogP contribution >= 0.6 is 0 Å². The number of hydrogen-bond donors (Lipinski definition) is 1. The number of nitrogens with zero attached hydrogens (tertiary/aromatic N) is 5. The van der Waals surface area contributed by atoms with E-state index in [2.05, 4.69) is 49.0 Å². The molecule has 8 heteroatoms. The van der Waals surface area contributed by atoms with Gasteiger partial charge in [-0.05, 0) is 30.9 Å². The summed E-state index contributed by atoms with van der Waals surface area (Å²) in [5.74, 6) is 2.03. The molecule has 2 fully saturated rings. The van der Waals surface area contributed by atoms with Crippen LogP contribution < -0.4 is 5.32 Å². The molecule has 0 radical (unpaired) electrons. The van der Waals surface area contributed by atoms with E-state index in [1.807, 2.05) is 31.3 Å². The van der Waals surface area contributed by atoms with Crippen LogP contribution in [0.4, 0.5) is 0 Å². The van der Waals surface area contributed by atoms with E-state index in [0.717, 1.165) is 44.3 Å². The molecule has 2 aromatic rings. The molecule has 1 atom stereocenters. The average molecular weight is 425 g/mol. The second kappa shape index (κ2) is 9.96. The number of rotatable bonds is 5. The molecule has 2 aliphatic heterocycles. The summed E-state index contributed by atoms with van der Waals surface area (Å²) in [7, 11) is 1.81. The van der Waals surface area contributed by atoms with Gasteiger partial charge < -0.3 is 24.4 Å². The highest BCUT2D eigenvalue weighted by molar-refractivity contribution is 5.82. The van der Waals surface area contributed by atoms with E-state index in [0.29, 0.717) is 26.2 Å². The van der Waals surface area contributed by atoms with Crippen molar-refractivity contribution in [1.29, 1.82) is 0 Å². The second-order valence-electron chi connectivity index (χ2n) is 8.14. The number of carbonyl (C=O) groups is 1. The van der Waals surface area contributed by atoms with Crippen molar-refractivity contribution in [3.8, 4) is 0 Å². The van der Waals surface area contributed by atoms with Crippen molar-refractivity contribution in [1.82, 2.24) is 24.7 Å². The van der Waals surface area contributed by atoms with E-state index in [9.17, 15) is 4.79 Å². The summed E-state index contributed by atoms with van der Waals surface area (Å²) < 4.78 is 7.70. The Morgan fingerprint density at radius 2 is 2.00 bits per heavy atom. The molecule has 166 valence electrons. The standard InChI is InChI=1S/C23H32N6O2/c1-18-25-8-9-29(18)17-20-6-3-5-19(15-20)16-26-23(24-2)28-12-10-27(11-13-28)22(30)21-7-4-14-31-21/h3,5-6,8-9,15,21H,4,7,10-14,16-17H2,1-2H3,(H,24,26). The van der Waals surface area contributed by atoms with Gasteiger partial charge in [0.1, 0.15) is 11.9 Å². The molecule has 1 aromatic heterocycles. The third-order valence-electron chi connectivity index (χ3n) is 6.03. The van der Waals surface area contributed by atoms with Crippen molar-refractivity contribution < 1.29 is 9.53 Å². The molecule has 1 aromatic carbocycles. The van der Waals surface area contributed by atoms with Gasteiger partial charge in [0.05, 0.1) is 0 Å². The lowest BCUT2D eigenvalue weighted by atomic mass is 10.1. The van der Waals surface area contributed by atoms with Crippen LogP contribution in [0.25, 0.3) is 0 Å². The van der Waals surface area contributed by atoms with Gasteiger partial charge >= 0.3 is 0 Å². The highest BCUT2D eigenvalue weighted by atomic mass is 16.5. The highest BCUT2D eigenvalue weighted by Gasteiger charge is 2.30. The van der Waals surface area contributed by atoms with Crippen LogP contribution in [-0.4, -0.2) is 77.2 Å². The summed E-state index contributed by atoms with van der Waals surface area (Å²) in [5.41, 5.74) is 2.46. The average Bonchev–Trinajstić information content (AvgIpc) is 3.47. The van der Waals surface area contributed by atoms with Crippen molar-refractivity contribution in [2.45, 2.75) is 39.0 Å². The van der Waals surface area contributed by atoms with Crippen LogP contribution in [-0.2, 0) is 22.6 Å². The summed E-state index contributed by atoms with van der Waals surface area (Å²) in [4.78, 5) is 25.5. The normalized spacial score (nSPS) is 19.7. The maximum absolute atomic E-state index is 12.6. The van der Waals surface area contributed by atoms with Gasteiger partial charge in [-0.3, -0.25) is 9.79 Å². The Morgan fingerprint density at radius 3 is 2.68 bits per heavy atom. The summed E-state index contributed by atoms with van der Waals surface area (Å²) in [6, 6.07) is 8.58. The van der Waals surface area contributed by atoms with Crippen LogP contribution in [0.5, 0.6) is 0 Å². The highest BCUT2D eigenvalue weighted by Crippen LogP contribution is 2.16. The number of aliphatic imine (C=N–C) groups is 1. The molecular formula is C23H32N6O2. The van der Waals surface area contributed by atoms with Gasteiger partial charge in [-0.25, -0.2) is 4.98 Å². The van der Waals surface area contributed by atoms with Gasteiger partial charge in [-0.15, -0.1) is 0 Å². The third kappa shape index (κ3) is 5.25. The summed E-state index contributed by atoms with van der Waals surface area (Å²) in [6.45, 7) is 7.21. The maximum Gasteiger partial charge on any atom is 0.251 e. The molecule has 0 spiro atoms. The van der Waals surface area contributed by atoms with Crippen LogP contribution in [0.2, 0.25) is 0 Å². The Balaban J connectivity index is 1.28. The fourth-order valence-corrected chi connectivity index (χ4v) is 4.23. The van der Waals surface area contributed by atoms with Crippen LogP contribution in [0.1, 0.15) is 29.8 Å². The van der Waals surface area contributed by atoms with Gasteiger partial charge in [0, 0.05) is 65.3 Å². The lowest BCUT2D eigenvalue weighted by molar-refractivity contribution is -0.142. The molecule has 3 heterocycles. The molecule has 1 amide bonds. The van der Waals surface area contributed by atoms with Crippen LogP contribution in [0.15, 0.2) is 41.7 Å². The Hall–Kier alpha value is -2.87. The molecule has 4 rings (SSSR count). The first-order valence-corrected chi connectivity index (χ1v) is 11.1. The minimum atomic E-state index is -0.234. The van der Waals surface area contributed by atoms with Crippen molar-refractivity contribution in [2.75, 3.05) is 39.8 Å². The number of guanidine groups is 1. The van der Waals surface area contributed by atoms with E-state index in [1.54, 1.807) is 0 Å². The Morgan fingerprint density at radius 1 is 1.23 bits per heavy atom. The zero-order chi connectivity index (χ0) is 21.6. The third-order valence-corrected chi connectivity index (χ3v) is 6.03. The number of nitrogens with one attached hydrogen (secondary N) is 1. The molecule has 8 nitrogen and oxygen atoms in total. The molecule has 0 aliphatic carbocycles. The Kier molecular flexibility index (Phi) is 6.86. The molecule has 1 N–H and O–H groups in total. The van der Waals surface area contributed by atoms with Crippen LogP contribution in [0, 0.1) is 6.92 Å². The van der Waals surface area contributed by atoms with Gasteiger partial charge in [0.15, 0.2) is 5.96 Å². The predicted molar refractivity (Wildman–Crippen MR) is 120 cm³/mol. The second-order valence-corrected chi connectivity index (χ2v) is 8.14. The van der Waals surface area contributed by atoms with Crippen molar-refractivity contribution in [3.63, 3.8) is 0 Å². The van der Waals surface area contributed by atoms with E-state index in [-0.39, 0.29) is 12.0 Å². The fraction of sp³-hybridized carbons (Fsp3) is 0.522. The van der Waals surface area contributed by atoms with E-state index in [1.165, 1.54) is 11.1 Å². The molecule has 31 heavy (non-hydrogen) atoms. The first kappa shape index (κ1) is 21.4. The van der Waals surface area contributed by atoms with Gasteiger partial charge in [0.25, 0.3) is 5.91 Å². The summed E-state index contributed by atoms with van der Waals surface area (Å²) in [6.07, 6.45) is 5.43. The largest absolute Gasteiger partial charge is 0.368 e. The first-order chi connectivity index (χ1) is 15.1. The van der Waals surface area contributed by atoms with E-state index in [4.69, 9.17) is 4.74 Å². The lowest BCUT2D eigenvalue weighted by Crippen LogP contribution is -2.55. The number of hydrogen-bond acceptors (Lipinski definition) is 4. The van der Waals surface area contributed by atoms with Crippen LogP contribution in [0.3, 0.4) is 0 Å². The van der Waals surface area contributed by atoms with Crippen molar-refractivity contribution in [2.24, 2.45) is 4.99 Å². The van der Waals surface area contributed by atoms with Gasteiger partial charge in [-0.2, -0.15) is 0 Å². The number of imidazole rings is 1. The minimum Gasteiger partial charge on any atom is -0.368 e. The number of piperazine rings is 1. The SMILES string of the molecule is CN=C(NCc1cccc(Cn2ccnc2C)c1)N1CCN(C(=O)C2CCCO2)CC1. The molecule has 0 bridgehead atoms. The zero-order valence-corrected chi connectivity index (χ0v) is 18.5. The maximum atomic E-state index is 12.6. The predicted octanol–water partition coefficient (Wildman–Crippen LogP) is 1.64. The first-order valence-electron chi connectivity index (χ1n) is 11.1. The summed E-state index contributed by atoms with van der Waals surface area (Å²) in [5, 5.41) is 3.48. The quantitative estimate of drug-likeness (QED) is 0.583. The molecule has 1 unspecified atom stereocenters. The Labute approximate surface area is 183 Å². The summed E-state index contributed by atoms with van der Waals surface area (Å²) >= 11 is 0. The van der Waals surface area contributed by atoms with Gasteiger partial charge in [-0.1, -0.05) is 24.3 Å². The molecular weight excluding hydrogens is 392 g/mol. The van der Waals surface area contributed by atoms with E-state index < -0.39 is 0 Å². The number of benzene rings is 1. The number of aryl methyl sites for hydroxylation is 1. The zero-order valence-electron chi connectivity index (χ0n) is 18.5. The van der Waals surface area contributed by atoms with Gasteiger partial charge in [0.2, 0.25) is 0 Å². The molecule has 0 saturated carbocycles. The number of ether oxygens (including phenoxy) is 1. The molecule has 2 aliphatic rings. The number of amides is 1. The van der Waals surface area contributed by atoms with Crippen molar-refractivity contribution in [3.05, 3.63) is 53.6 Å². The number of carbonyl (C=O) groups excluding carboxylic acids is 1.